The monoisotopic (exact) mass is 411 g/mol. The minimum atomic E-state index is -0.957. The normalized spacial score (nSPS) is 18.3. The molecule has 9 heteroatoms. The van der Waals surface area contributed by atoms with E-state index in [4.69, 9.17) is 9.47 Å². The summed E-state index contributed by atoms with van der Waals surface area (Å²) in [6.07, 6.45) is -0.217. The molecule has 4 amide bonds. The Morgan fingerprint density at radius 3 is 2.70 bits per heavy atom. The lowest BCUT2D eigenvalue weighted by molar-refractivity contribution is -0.131. The molecule has 1 fully saturated rings. The summed E-state index contributed by atoms with van der Waals surface area (Å²) in [6.45, 7) is -0.0867. The van der Waals surface area contributed by atoms with Crippen molar-refractivity contribution in [2.45, 2.75) is 25.0 Å². The number of ether oxygens (including phenoxy) is 2. The van der Waals surface area contributed by atoms with Crippen LogP contribution >= 0.6 is 0 Å². The van der Waals surface area contributed by atoms with Crippen LogP contribution in [0.4, 0.5) is 4.79 Å². The molecule has 0 radical (unpaired) electrons. The lowest BCUT2D eigenvalue weighted by Crippen LogP contribution is -2.38. The topological polar surface area (TPSA) is 117 Å². The summed E-state index contributed by atoms with van der Waals surface area (Å²) in [7, 11) is 0. The summed E-state index contributed by atoms with van der Waals surface area (Å²) in [4.78, 5) is 38.4. The van der Waals surface area contributed by atoms with E-state index in [0.29, 0.717) is 17.1 Å². The van der Waals surface area contributed by atoms with Gasteiger partial charge in [-0.25, -0.2) is 4.79 Å². The van der Waals surface area contributed by atoms with Gasteiger partial charge >= 0.3 is 6.03 Å². The third-order valence-electron chi connectivity index (χ3n) is 4.99. The number of carbonyl (C=O) groups is 3. The number of amides is 4. The highest BCUT2D eigenvalue weighted by atomic mass is 16.7. The molecule has 2 aliphatic rings. The Balaban J connectivity index is 1.37. The minimum Gasteiger partial charge on any atom is -0.454 e. The lowest BCUT2D eigenvalue weighted by atomic mass is 10.1. The Morgan fingerprint density at radius 2 is 1.93 bits per heavy atom. The molecule has 0 aliphatic carbocycles. The van der Waals surface area contributed by atoms with Gasteiger partial charge in [-0.15, -0.1) is 0 Å². The number of rotatable bonds is 7. The summed E-state index contributed by atoms with van der Waals surface area (Å²) in [5.41, 5.74) is 1.46. The average Bonchev–Trinajstić information content (AvgIpc) is 3.32. The molecule has 4 rings (SSSR count). The number of aliphatic hydroxyl groups is 1. The molecule has 2 heterocycles. The van der Waals surface area contributed by atoms with Crippen molar-refractivity contribution in [2.24, 2.45) is 0 Å². The number of fused-ring (bicyclic) bond motifs is 1. The minimum absolute atomic E-state index is 0.0582. The fourth-order valence-electron chi connectivity index (χ4n) is 3.45. The standard InChI is InChI=1S/C21H21N3O6/c25-11-16(14-4-2-1-3-5-14)22-19(26)9-15-20(27)24(21(28)23-15)10-13-6-7-17-18(8-13)30-12-29-17/h1-8,15-16,25H,9-12H2,(H,22,26)(H,23,28)/t15-,16-/m1/s1. The predicted octanol–water partition coefficient (Wildman–Crippen LogP) is 1.08. The van der Waals surface area contributed by atoms with Gasteiger partial charge in [-0.3, -0.25) is 14.5 Å². The van der Waals surface area contributed by atoms with Crippen molar-refractivity contribution in [2.75, 3.05) is 13.4 Å². The number of benzene rings is 2. The van der Waals surface area contributed by atoms with Crippen LogP contribution in [0, 0.1) is 0 Å². The van der Waals surface area contributed by atoms with Crippen LogP contribution in [0.5, 0.6) is 11.5 Å². The van der Waals surface area contributed by atoms with Gasteiger partial charge in [0.15, 0.2) is 11.5 Å². The molecule has 0 bridgehead atoms. The zero-order valence-electron chi connectivity index (χ0n) is 16.0. The van der Waals surface area contributed by atoms with Gasteiger partial charge in [-0.2, -0.15) is 0 Å². The molecule has 2 aromatic rings. The SMILES string of the molecule is O=C(C[C@H]1NC(=O)N(Cc2ccc3c(c2)OCO3)C1=O)N[C@H](CO)c1ccccc1. The molecule has 2 atom stereocenters. The van der Waals surface area contributed by atoms with Crippen molar-refractivity contribution < 1.29 is 29.0 Å². The molecule has 9 nitrogen and oxygen atoms in total. The quantitative estimate of drug-likeness (QED) is 0.587. The van der Waals surface area contributed by atoms with Crippen LogP contribution in [0.1, 0.15) is 23.6 Å². The van der Waals surface area contributed by atoms with Gasteiger partial charge in [0.2, 0.25) is 12.7 Å². The van der Waals surface area contributed by atoms with Gasteiger partial charge < -0.3 is 25.2 Å². The summed E-state index contributed by atoms with van der Waals surface area (Å²) < 4.78 is 10.6. The van der Waals surface area contributed by atoms with Crippen molar-refractivity contribution in [3.05, 3.63) is 59.7 Å². The first-order valence-electron chi connectivity index (χ1n) is 9.50. The summed E-state index contributed by atoms with van der Waals surface area (Å²) in [5.74, 6) is 0.253. The number of carbonyl (C=O) groups excluding carboxylic acids is 3. The number of imide groups is 1. The van der Waals surface area contributed by atoms with Gasteiger partial charge in [-0.05, 0) is 23.3 Å². The molecule has 0 unspecified atom stereocenters. The molecule has 0 spiro atoms. The molecule has 0 aromatic heterocycles. The third-order valence-corrected chi connectivity index (χ3v) is 4.99. The van der Waals surface area contributed by atoms with Crippen molar-refractivity contribution in [1.82, 2.24) is 15.5 Å². The molecule has 3 N–H and O–H groups in total. The van der Waals surface area contributed by atoms with E-state index in [0.717, 1.165) is 10.5 Å². The van der Waals surface area contributed by atoms with Crippen LogP contribution in [-0.2, 0) is 16.1 Å². The first-order valence-corrected chi connectivity index (χ1v) is 9.50. The van der Waals surface area contributed by atoms with E-state index in [1.54, 1.807) is 42.5 Å². The molecule has 30 heavy (non-hydrogen) atoms. The van der Waals surface area contributed by atoms with Crippen molar-refractivity contribution in [1.29, 1.82) is 0 Å². The van der Waals surface area contributed by atoms with Crippen LogP contribution < -0.4 is 20.1 Å². The second-order valence-electron chi connectivity index (χ2n) is 7.03. The smallest absolute Gasteiger partial charge is 0.325 e. The van der Waals surface area contributed by atoms with Crippen LogP contribution in [-0.4, -0.2) is 47.3 Å². The Morgan fingerprint density at radius 1 is 1.17 bits per heavy atom. The fraction of sp³-hybridized carbons (Fsp3) is 0.286. The Labute approximate surface area is 172 Å². The largest absolute Gasteiger partial charge is 0.454 e. The summed E-state index contributed by atoms with van der Waals surface area (Å²) in [6, 6.07) is 12.1. The van der Waals surface area contributed by atoms with Gasteiger partial charge in [0, 0.05) is 0 Å². The number of hydrogen-bond donors (Lipinski definition) is 3. The van der Waals surface area contributed by atoms with Gasteiger partial charge in [0.1, 0.15) is 6.04 Å². The second kappa shape index (κ2) is 8.42. The van der Waals surface area contributed by atoms with Gasteiger partial charge in [0.25, 0.3) is 5.91 Å². The Bertz CT molecular complexity index is 964. The number of urea groups is 1. The highest BCUT2D eigenvalue weighted by Crippen LogP contribution is 2.33. The highest BCUT2D eigenvalue weighted by molar-refractivity contribution is 6.05. The molecule has 2 aromatic carbocycles. The molecule has 156 valence electrons. The van der Waals surface area contributed by atoms with Crippen LogP contribution in [0.15, 0.2) is 48.5 Å². The number of nitrogens with zero attached hydrogens (tertiary/aromatic N) is 1. The maximum absolute atomic E-state index is 12.7. The van der Waals surface area contributed by atoms with E-state index in [-0.39, 0.29) is 26.4 Å². The second-order valence-corrected chi connectivity index (χ2v) is 7.03. The van der Waals surface area contributed by atoms with E-state index >= 15 is 0 Å². The van der Waals surface area contributed by atoms with Gasteiger partial charge in [0.05, 0.1) is 25.6 Å². The zero-order valence-corrected chi connectivity index (χ0v) is 16.0. The molecular weight excluding hydrogens is 390 g/mol. The summed E-state index contributed by atoms with van der Waals surface area (Å²) >= 11 is 0. The van der Waals surface area contributed by atoms with Crippen molar-refractivity contribution in [3.63, 3.8) is 0 Å². The first kappa shape index (κ1) is 19.7. The third kappa shape index (κ3) is 4.06. The number of hydrogen-bond acceptors (Lipinski definition) is 6. The average molecular weight is 411 g/mol. The maximum atomic E-state index is 12.7. The van der Waals surface area contributed by atoms with E-state index < -0.39 is 29.9 Å². The van der Waals surface area contributed by atoms with E-state index in [9.17, 15) is 19.5 Å². The molecule has 0 saturated carbocycles. The molecule has 1 saturated heterocycles. The number of nitrogens with one attached hydrogen (secondary N) is 2. The first-order chi connectivity index (χ1) is 14.5. The van der Waals surface area contributed by atoms with Crippen LogP contribution in [0.2, 0.25) is 0 Å². The van der Waals surface area contributed by atoms with Gasteiger partial charge in [-0.1, -0.05) is 36.4 Å². The Hall–Kier alpha value is -3.59. The predicted molar refractivity (Wildman–Crippen MR) is 104 cm³/mol. The summed E-state index contributed by atoms with van der Waals surface area (Å²) in [5, 5.41) is 14.8. The fourth-order valence-corrected chi connectivity index (χ4v) is 3.45. The van der Waals surface area contributed by atoms with E-state index in [2.05, 4.69) is 10.6 Å². The molecular formula is C21H21N3O6. The van der Waals surface area contributed by atoms with E-state index in [1.165, 1.54) is 0 Å². The molecule has 2 aliphatic heterocycles. The zero-order chi connectivity index (χ0) is 21.1. The lowest BCUT2D eigenvalue weighted by Gasteiger charge is -2.18. The Kier molecular flexibility index (Phi) is 5.53. The highest BCUT2D eigenvalue weighted by Gasteiger charge is 2.39. The van der Waals surface area contributed by atoms with Crippen LogP contribution in [0.3, 0.4) is 0 Å². The van der Waals surface area contributed by atoms with Crippen LogP contribution in [0.25, 0.3) is 0 Å². The van der Waals surface area contributed by atoms with Crippen molar-refractivity contribution >= 4 is 17.8 Å². The van der Waals surface area contributed by atoms with E-state index in [1.807, 2.05) is 6.07 Å². The van der Waals surface area contributed by atoms with Crippen molar-refractivity contribution in [3.8, 4) is 11.5 Å². The maximum Gasteiger partial charge on any atom is 0.325 e. The number of aliphatic hydroxyl groups excluding tert-OH is 1.